The lowest BCUT2D eigenvalue weighted by molar-refractivity contribution is -0.122. The third-order valence-electron chi connectivity index (χ3n) is 11.2. The Morgan fingerprint density at radius 3 is 2.42 bits per heavy atom. The van der Waals surface area contributed by atoms with Crippen LogP contribution in [0, 0.1) is 51.8 Å². The minimum Gasteiger partial charge on any atom is -0.392 e. The normalized spacial score (nSPS) is 44.8. The van der Waals surface area contributed by atoms with Gasteiger partial charge in [-0.15, -0.1) is 0 Å². The van der Waals surface area contributed by atoms with Crippen LogP contribution in [0.2, 0.25) is 0 Å². The van der Waals surface area contributed by atoms with Crippen molar-refractivity contribution in [3.05, 3.63) is 11.6 Å². The SMILES string of the molecule is CC(C)C(=O)CC[C@@H](C)[C@H]1CC[C@H]2[C@@H]3CC=C4C(C)(C)[C@H](O)CC[C@]4(C)[C@H]3CC[C@]12C. The van der Waals surface area contributed by atoms with Crippen molar-refractivity contribution in [3.63, 3.8) is 0 Å². The Hall–Kier alpha value is -0.630. The lowest BCUT2D eigenvalue weighted by Crippen LogP contribution is -2.54. The van der Waals surface area contributed by atoms with Gasteiger partial charge in [0.2, 0.25) is 0 Å². The molecule has 0 aliphatic heterocycles. The van der Waals surface area contributed by atoms with E-state index in [0.717, 1.165) is 49.4 Å². The monoisotopic (exact) mass is 428 g/mol. The molecule has 2 heteroatoms. The molecule has 8 atom stereocenters. The van der Waals surface area contributed by atoms with Crippen LogP contribution in [0.1, 0.15) is 106 Å². The molecule has 2 nitrogen and oxygen atoms in total. The molecular formula is C29H48O2. The van der Waals surface area contributed by atoms with Gasteiger partial charge in [-0.2, -0.15) is 0 Å². The number of aliphatic hydroxyl groups excluding tert-OH is 1. The number of hydrogen-bond acceptors (Lipinski definition) is 2. The van der Waals surface area contributed by atoms with Gasteiger partial charge >= 0.3 is 0 Å². The van der Waals surface area contributed by atoms with Gasteiger partial charge in [0.1, 0.15) is 5.78 Å². The molecule has 0 bridgehead atoms. The zero-order chi connectivity index (χ0) is 22.8. The number of aliphatic hydroxyl groups is 1. The fraction of sp³-hybridized carbons (Fsp3) is 0.897. The van der Waals surface area contributed by atoms with E-state index in [1.807, 2.05) is 13.8 Å². The number of hydrogen-bond donors (Lipinski definition) is 1. The molecule has 4 aliphatic carbocycles. The average molecular weight is 429 g/mol. The van der Waals surface area contributed by atoms with E-state index in [-0.39, 0.29) is 22.9 Å². The van der Waals surface area contributed by atoms with Gasteiger partial charge in [0.25, 0.3) is 0 Å². The zero-order valence-electron chi connectivity index (χ0n) is 21.3. The molecule has 31 heavy (non-hydrogen) atoms. The Morgan fingerprint density at radius 2 is 1.74 bits per heavy atom. The largest absolute Gasteiger partial charge is 0.392 e. The van der Waals surface area contributed by atoms with Crippen LogP contribution < -0.4 is 0 Å². The molecule has 0 radical (unpaired) electrons. The van der Waals surface area contributed by atoms with Gasteiger partial charge in [0, 0.05) is 17.8 Å². The van der Waals surface area contributed by atoms with E-state index in [2.05, 4.69) is 40.7 Å². The molecule has 0 aromatic heterocycles. The average Bonchev–Trinajstić information content (AvgIpc) is 3.06. The van der Waals surface area contributed by atoms with Crippen LogP contribution in [0.5, 0.6) is 0 Å². The number of allylic oxidation sites excluding steroid dienone is 1. The Morgan fingerprint density at radius 1 is 1.03 bits per heavy atom. The van der Waals surface area contributed by atoms with E-state index in [1.165, 1.54) is 32.1 Å². The molecule has 0 heterocycles. The van der Waals surface area contributed by atoms with E-state index in [9.17, 15) is 9.90 Å². The van der Waals surface area contributed by atoms with Crippen LogP contribution in [-0.4, -0.2) is 17.0 Å². The van der Waals surface area contributed by atoms with Gasteiger partial charge < -0.3 is 5.11 Å². The van der Waals surface area contributed by atoms with Gasteiger partial charge in [-0.25, -0.2) is 0 Å². The van der Waals surface area contributed by atoms with Crippen molar-refractivity contribution in [1.29, 1.82) is 0 Å². The summed E-state index contributed by atoms with van der Waals surface area (Å²) in [5.74, 6) is 4.49. The van der Waals surface area contributed by atoms with E-state index >= 15 is 0 Å². The maximum absolute atomic E-state index is 12.2. The van der Waals surface area contributed by atoms with Crippen LogP contribution in [0.25, 0.3) is 0 Å². The summed E-state index contributed by atoms with van der Waals surface area (Å²) in [6.45, 7) is 16.2. The molecule has 3 fully saturated rings. The lowest BCUT2D eigenvalue weighted by atomic mass is 9.44. The summed E-state index contributed by atoms with van der Waals surface area (Å²) >= 11 is 0. The summed E-state index contributed by atoms with van der Waals surface area (Å²) in [6.07, 6.45) is 13.0. The summed E-state index contributed by atoms with van der Waals surface area (Å²) in [5.41, 5.74) is 2.22. The van der Waals surface area contributed by atoms with Crippen LogP contribution in [-0.2, 0) is 4.79 Å². The molecule has 1 N–H and O–H groups in total. The van der Waals surface area contributed by atoms with E-state index in [0.29, 0.717) is 17.1 Å². The van der Waals surface area contributed by atoms with Crippen molar-refractivity contribution in [3.8, 4) is 0 Å². The predicted molar refractivity (Wildman–Crippen MR) is 129 cm³/mol. The maximum Gasteiger partial charge on any atom is 0.135 e. The summed E-state index contributed by atoms with van der Waals surface area (Å²) in [7, 11) is 0. The second-order valence-corrected chi connectivity index (χ2v) is 13.3. The first-order chi connectivity index (χ1) is 14.4. The highest BCUT2D eigenvalue weighted by Gasteiger charge is 2.61. The highest BCUT2D eigenvalue weighted by Crippen LogP contribution is 2.68. The van der Waals surface area contributed by atoms with E-state index in [4.69, 9.17) is 0 Å². The second kappa shape index (κ2) is 8.00. The molecule has 4 aliphatic rings. The first-order valence-corrected chi connectivity index (χ1v) is 13.3. The highest BCUT2D eigenvalue weighted by molar-refractivity contribution is 5.80. The quantitative estimate of drug-likeness (QED) is 0.470. The van der Waals surface area contributed by atoms with Crippen LogP contribution in [0.3, 0.4) is 0 Å². The Kier molecular flexibility index (Phi) is 6.07. The van der Waals surface area contributed by atoms with Crippen molar-refractivity contribution in [2.75, 3.05) is 0 Å². The summed E-state index contributed by atoms with van der Waals surface area (Å²) < 4.78 is 0. The molecule has 0 spiro atoms. The van der Waals surface area contributed by atoms with Gasteiger partial charge in [0.15, 0.2) is 0 Å². The van der Waals surface area contributed by atoms with Crippen molar-refractivity contribution in [1.82, 2.24) is 0 Å². The molecule has 0 amide bonds. The fourth-order valence-corrected chi connectivity index (χ4v) is 9.23. The summed E-state index contributed by atoms with van der Waals surface area (Å²) in [5, 5.41) is 10.7. The Labute approximate surface area is 191 Å². The molecule has 0 aromatic rings. The van der Waals surface area contributed by atoms with Gasteiger partial charge in [-0.3, -0.25) is 4.79 Å². The predicted octanol–water partition coefficient (Wildman–Crippen LogP) is 7.20. The van der Waals surface area contributed by atoms with E-state index < -0.39 is 0 Å². The molecule has 0 saturated heterocycles. The molecule has 3 saturated carbocycles. The number of carbonyl (C=O) groups is 1. The smallest absolute Gasteiger partial charge is 0.135 e. The highest BCUT2D eigenvalue weighted by atomic mass is 16.3. The van der Waals surface area contributed by atoms with Gasteiger partial charge in [-0.05, 0) is 91.8 Å². The number of ketones is 1. The second-order valence-electron chi connectivity index (χ2n) is 13.3. The first-order valence-electron chi connectivity index (χ1n) is 13.3. The van der Waals surface area contributed by atoms with Crippen LogP contribution in [0.15, 0.2) is 11.6 Å². The Bertz CT molecular complexity index is 733. The van der Waals surface area contributed by atoms with Gasteiger partial charge in [0.05, 0.1) is 6.10 Å². The van der Waals surface area contributed by atoms with Crippen molar-refractivity contribution in [2.24, 2.45) is 51.8 Å². The molecular weight excluding hydrogens is 380 g/mol. The molecule has 0 aromatic carbocycles. The fourth-order valence-electron chi connectivity index (χ4n) is 9.23. The Balaban J connectivity index is 1.54. The van der Waals surface area contributed by atoms with Gasteiger partial charge in [-0.1, -0.05) is 60.1 Å². The third kappa shape index (κ3) is 3.58. The van der Waals surface area contributed by atoms with Crippen LogP contribution in [0.4, 0.5) is 0 Å². The van der Waals surface area contributed by atoms with Crippen molar-refractivity contribution >= 4 is 5.78 Å². The minimum absolute atomic E-state index is 0.0750. The molecule has 176 valence electrons. The van der Waals surface area contributed by atoms with Crippen molar-refractivity contribution < 1.29 is 9.90 Å². The standard InChI is InChI=1S/C29H48O2/c1-18(2)24(30)12-8-19(3)21-10-11-22-20-9-13-25-27(4,5)26(31)15-17-29(25,7)23(20)14-16-28(21,22)6/h13,18-23,26,31H,8-12,14-17H2,1-7H3/t19-,20+,21-,22+,23+,26-,28-,29-/m1/s1. The summed E-state index contributed by atoms with van der Waals surface area (Å²) in [6, 6.07) is 0. The first kappa shape index (κ1) is 23.5. The third-order valence-corrected chi connectivity index (χ3v) is 11.2. The minimum atomic E-state index is -0.192. The zero-order valence-corrected chi connectivity index (χ0v) is 21.3. The number of fused-ring (bicyclic) bond motifs is 5. The lowest BCUT2D eigenvalue weighted by Gasteiger charge is -2.61. The van der Waals surface area contributed by atoms with E-state index in [1.54, 1.807) is 5.57 Å². The molecule has 0 unspecified atom stereocenters. The maximum atomic E-state index is 12.2. The summed E-state index contributed by atoms with van der Waals surface area (Å²) in [4.78, 5) is 12.2. The number of Topliss-reactive ketones (excluding diaryl/α,β-unsaturated/α-hetero) is 1. The topological polar surface area (TPSA) is 37.3 Å². The molecule has 4 rings (SSSR count). The van der Waals surface area contributed by atoms with Crippen LogP contribution >= 0.6 is 0 Å². The number of rotatable bonds is 5. The van der Waals surface area contributed by atoms with Crippen molar-refractivity contribution in [2.45, 2.75) is 112 Å². The number of carbonyl (C=O) groups excluding carboxylic acids is 1.